The Morgan fingerprint density at radius 1 is 1.53 bits per heavy atom. The van der Waals surface area contributed by atoms with Gasteiger partial charge in [-0.2, -0.15) is 4.98 Å². The van der Waals surface area contributed by atoms with Crippen molar-refractivity contribution in [3.05, 3.63) is 34.4 Å². The fourth-order valence-corrected chi connectivity index (χ4v) is 2.06. The summed E-state index contributed by atoms with van der Waals surface area (Å²) in [6, 6.07) is 3.88. The van der Waals surface area contributed by atoms with Crippen molar-refractivity contribution in [2.75, 3.05) is 13.7 Å². The van der Waals surface area contributed by atoms with Crippen molar-refractivity contribution in [3.8, 4) is 11.4 Å². The molecule has 0 saturated heterocycles. The molecule has 0 amide bonds. The molecule has 0 spiro atoms. The minimum Gasteiger partial charge on any atom is -0.385 e. The summed E-state index contributed by atoms with van der Waals surface area (Å²) >= 11 is 3.26. The van der Waals surface area contributed by atoms with Crippen molar-refractivity contribution < 1.29 is 13.7 Å². The summed E-state index contributed by atoms with van der Waals surface area (Å²) < 4.78 is 23.6. The highest BCUT2D eigenvalue weighted by Crippen LogP contribution is 2.27. The topological polar surface area (TPSA) is 74.2 Å². The highest BCUT2D eigenvalue weighted by molar-refractivity contribution is 9.10. The Balaban J connectivity index is 2.20. The molecule has 7 heteroatoms. The Kier molecular flexibility index (Phi) is 4.62. The van der Waals surface area contributed by atoms with E-state index in [1.807, 2.05) is 0 Å². The molecule has 1 aromatic carbocycles. The van der Waals surface area contributed by atoms with Gasteiger partial charge in [0.05, 0.1) is 6.04 Å². The van der Waals surface area contributed by atoms with E-state index in [4.69, 9.17) is 15.0 Å². The van der Waals surface area contributed by atoms with Crippen LogP contribution >= 0.6 is 15.9 Å². The number of methoxy groups -OCH3 is 1. The first-order chi connectivity index (χ1) is 9.11. The molecule has 0 aliphatic heterocycles. The normalized spacial score (nSPS) is 12.6. The van der Waals surface area contributed by atoms with Crippen molar-refractivity contribution in [1.82, 2.24) is 10.1 Å². The molecule has 0 bridgehead atoms. The van der Waals surface area contributed by atoms with Gasteiger partial charge in [-0.05, 0) is 40.5 Å². The van der Waals surface area contributed by atoms with Gasteiger partial charge in [-0.1, -0.05) is 5.16 Å². The van der Waals surface area contributed by atoms with E-state index in [0.29, 0.717) is 34.8 Å². The van der Waals surface area contributed by atoms with E-state index in [9.17, 15) is 4.39 Å². The van der Waals surface area contributed by atoms with Crippen LogP contribution in [-0.2, 0) is 4.74 Å². The van der Waals surface area contributed by atoms with Gasteiger partial charge in [0.15, 0.2) is 0 Å². The summed E-state index contributed by atoms with van der Waals surface area (Å²) in [6.07, 6.45) is 0.586. The maximum Gasteiger partial charge on any atom is 0.243 e. The highest BCUT2D eigenvalue weighted by atomic mass is 79.9. The van der Waals surface area contributed by atoms with Crippen LogP contribution in [0.1, 0.15) is 18.4 Å². The largest absolute Gasteiger partial charge is 0.385 e. The third-order valence-electron chi connectivity index (χ3n) is 2.56. The van der Waals surface area contributed by atoms with Gasteiger partial charge in [-0.15, -0.1) is 0 Å². The van der Waals surface area contributed by atoms with Crippen molar-refractivity contribution in [1.29, 1.82) is 0 Å². The molecule has 5 nitrogen and oxygen atoms in total. The lowest BCUT2D eigenvalue weighted by Crippen LogP contribution is -2.12. The Morgan fingerprint density at radius 3 is 3.00 bits per heavy atom. The molecule has 0 aliphatic rings. The molecule has 0 saturated carbocycles. The number of ether oxygens (including phenoxy) is 1. The van der Waals surface area contributed by atoms with Gasteiger partial charge in [-0.3, -0.25) is 0 Å². The van der Waals surface area contributed by atoms with Crippen LogP contribution < -0.4 is 5.73 Å². The zero-order chi connectivity index (χ0) is 13.8. The minimum atomic E-state index is -0.375. The summed E-state index contributed by atoms with van der Waals surface area (Å²) in [4.78, 5) is 4.21. The molecule has 2 N–H and O–H groups in total. The summed E-state index contributed by atoms with van der Waals surface area (Å²) in [6.45, 7) is 0.513. The Hall–Kier alpha value is -1.31. The average molecular weight is 330 g/mol. The van der Waals surface area contributed by atoms with E-state index in [0.717, 1.165) is 0 Å². The Labute approximate surface area is 118 Å². The number of hydrogen-bond acceptors (Lipinski definition) is 5. The van der Waals surface area contributed by atoms with Gasteiger partial charge in [-0.25, -0.2) is 4.39 Å². The molecule has 1 heterocycles. The molecule has 2 aromatic rings. The third kappa shape index (κ3) is 3.37. The molecule has 0 aliphatic carbocycles. The van der Waals surface area contributed by atoms with E-state index in [1.165, 1.54) is 12.1 Å². The van der Waals surface area contributed by atoms with Crippen molar-refractivity contribution >= 4 is 15.9 Å². The van der Waals surface area contributed by atoms with Crippen LogP contribution in [0, 0.1) is 5.82 Å². The van der Waals surface area contributed by atoms with Gasteiger partial charge >= 0.3 is 0 Å². The van der Waals surface area contributed by atoms with Crippen LogP contribution in [-0.4, -0.2) is 23.9 Å². The lowest BCUT2D eigenvalue weighted by Gasteiger charge is -2.04. The Morgan fingerprint density at radius 2 is 2.32 bits per heavy atom. The molecule has 102 valence electrons. The maximum absolute atomic E-state index is 13.0. The van der Waals surface area contributed by atoms with Crippen LogP contribution in [0.15, 0.2) is 27.2 Å². The zero-order valence-electron chi connectivity index (χ0n) is 10.3. The molecule has 1 unspecified atom stereocenters. The molecule has 1 aromatic heterocycles. The Bertz CT molecular complexity index is 562. The lowest BCUT2D eigenvalue weighted by atomic mass is 10.2. The monoisotopic (exact) mass is 329 g/mol. The molecule has 19 heavy (non-hydrogen) atoms. The lowest BCUT2D eigenvalue weighted by molar-refractivity contribution is 0.182. The summed E-state index contributed by atoms with van der Waals surface area (Å²) in [5.74, 6) is 0.370. The van der Waals surface area contributed by atoms with E-state index in [2.05, 4.69) is 26.1 Å². The second-order valence-electron chi connectivity index (χ2n) is 3.97. The van der Waals surface area contributed by atoms with E-state index >= 15 is 0 Å². The molecule has 0 radical (unpaired) electrons. The molecule has 2 rings (SSSR count). The number of hydrogen-bond donors (Lipinski definition) is 1. The molecule has 0 fully saturated rings. The summed E-state index contributed by atoms with van der Waals surface area (Å²) in [5.41, 5.74) is 6.54. The molecular formula is C12H13BrFN3O2. The smallest absolute Gasteiger partial charge is 0.243 e. The summed E-state index contributed by atoms with van der Waals surface area (Å²) in [5, 5.41) is 3.85. The van der Waals surface area contributed by atoms with Gasteiger partial charge < -0.3 is 15.0 Å². The minimum absolute atomic E-state index is 0.336. The quantitative estimate of drug-likeness (QED) is 0.912. The molecular weight excluding hydrogens is 317 g/mol. The number of nitrogens with two attached hydrogens (primary N) is 1. The average Bonchev–Trinajstić information content (AvgIpc) is 2.85. The van der Waals surface area contributed by atoms with Crippen LogP contribution in [0.3, 0.4) is 0 Å². The fraction of sp³-hybridized carbons (Fsp3) is 0.333. The maximum atomic E-state index is 13.0. The predicted molar refractivity (Wildman–Crippen MR) is 70.8 cm³/mol. The van der Waals surface area contributed by atoms with E-state index < -0.39 is 0 Å². The van der Waals surface area contributed by atoms with Gasteiger partial charge in [0.25, 0.3) is 0 Å². The SMILES string of the molecule is COCCC(N)c1nc(-c2ccc(F)cc2Br)no1. The molecule has 1 atom stereocenters. The van der Waals surface area contributed by atoms with Gasteiger partial charge in [0.1, 0.15) is 5.82 Å². The second kappa shape index (κ2) is 6.23. The second-order valence-corrected chi connectivity index (χ2v) is 4.82. The third-order valence-corrected chi connectivity index (χ3v) is 3.22. The van der Waals surface area contributed by atoms with Gasteiger partial charge in [0, 0.05) is 23.8 Å². The number of halogens is 2. The predicted octanol–water partition coefficient (Wildman–Crippen LogP) is 2.67. The first-order valence-electron chi connectivity index (χ1n) is 5.65. The van der Waals surface area contributed by atoms with Crippen molar-refractivity contribution in [2.45, 2.75) is 12.5 Å². The number of nitrogens with zero attached hydrogens (tertiary/aromatic N) is 2. The van der Waals surface area contributed by atoms with Crippen molar-refractivity contribution in [2.24, 2.45) is 5.73 Å². The first-order valence-corrected chi connectivity index (χ1v) is 6.44. The van der Waals surface area contributed by atoms with Crippen LogP contribution in [0.5, 0.6) is 0 Å². The fourth-order valence-electron chi connectivity index (χ4n) is 1.53. The number of benzene rings is 1. The standard InChI is InChI=1S/C12H13BrFN3O2/c1-18-5-4-10(15)12-16-11(17-19-12)8-3-2-7(14)6-9(8)13/h2-3,6,10H,4-5,15H2,1H3. The first kappa shape index (κ1) is 14.1. The van der Waals surface area contributed by atoms with Gasteiger partial charge in [0.2, 0.25) is 11.7 Å². The van der Waals surface area contributed by atoms with Crippen LogP contribution in [0.25, 0.3) is 11.4 Å². The van der Waals surface area contributed by atoms with E-state index in [-0.39, 0.29) is 11.9 Å². The number of rotatable bonds is 5. The highest BCUT2D eigenvalue weighted by Gasteiger charge is 2.17. The van der Waals surface area contributed by atoms with Crippen LogP contribution in [0.2, 0.25) is 0 Å². The van der Waals surface area contributed by atoms with Crippen molar-refractivity contribution in [3.63, 3.8) is 0 Å². The zero-order valence-corrected chi connectivity index (χ0v) is 11.9. The summed E-state index contributed by atoms with van der Waals surface area (Å²) in [7, 11) is 1.60. The van der Waals surface area contributed by atoms with E-state index in [1.54, 1.807) is 13.2 Å². The number of aromatic nitrogens is 2. The van der Waals surface area contributed by atoms with Crippen LogP contribution in [0.4, 0.5) is 4.39 Å².